The van der Waals surface area contributed by atoms with Gasteiger partial charge in [-0.2, -0.15) is 0 Å². The Morgan fingerprint density at radius 2 is 2.00 bits per heavy atom. The summed E-state index contributed by atoms with van der Waals surface area (Å²) in [6, 6.07) is 5.73. The molecule has 1 fully saturated rings. The highest BCUT2D eigenvalue weighted by Gasteiger charge is 2.14. The van der Waals surface area contributed by atoms with Crippen LogP contribution in [0.2, 0.25) is 5.02 Å². The second kappa shape index (κ2) is 6.38. The first-order valence-corrected chi connectivity index (χ1v) is 6.57. The van der Waals surface area contributed by atoms with Crippen LogP contribution in [0.15, 0.2) is 18.2 Å². The lowest BCUT2D eigenvalue weighted by molar-refractivity contribution is 0.102. The minimum Gasteiger partial charge on any atom is -0.496 e. The molecule has 18 heavy (non-hydrogen) atoms. The predicted octanol–water partition coefficient (Wildman–Crippen LogP) is 1.60. The molecule has 1 aliphatic heterocycles. The number of benzene rings is 1. The van der Waals surface area contributed by atoms with Gasteiger partial charge >= 0.3 is 0 Å². The topological polar surface area (TPSA) is 27.7 Å². The van der Waals surface area contributed by atoms with Gasteiger partial charge in [-0.05, 0) is 19.2 Å². The second-order valence-electron chi connectivity index (χ2n) is 4.55. The molecule has 2 rings (SSSR count). The average molecular weight is 270 g/mol. The fraction of sp³-hybridized carbons (Fsp3) is 0.538. The van der Waals surface area contributed by atoms with Gasteiger partial charge in [0.1, 0.15) is 5.75 Å². The maximum absolute atomic E-state index is 6.20. The van der Waals surface area contributed by atoms with Crippen LogP contribution in [0, 0.1) is 0 Å². The van der Waals surface area contributed by atoms with E-state index in [1.165, 1.54) is 0 Å². The summed E-state index contributed by atoms with van der Waals surface area (Å²) in [4.78, 5) is 2.33. The number of halogens is 1. The van der Waals surface area contributed by atoms with Crippen molar-refractivity contribution in [3.05, 3.63) is 28.8 Å². The molecule has 1 aromatic carbocycles. The lowest BCUT2D eigenvalue weighted by atomic mass is 10.2. The number of hydrogen-bond donors (Lipinski definition) is 1. The van der Waals surface area contributed by atoms with E-state index in [4.69, 9.17) is 16.3 Å². The molecule has 0 amide bonds. The van der Waals surface area contributed by atoms with E-state index in [1.807, 2.05) is 18.2 Å². The van der Waals surface area contributed by atoms with Crippen molar-refractivity contribution in [2.24, 2.45) is 0 Å². The van der Waals surface area contributed by atoms with Crippen LogP contribution in [-0.2, 0) is 6.54 Å². The number of likely N-dealkylation sites (N-methyl/N-ethyl adjacent to an activating group) is 1. The van der Waals surface area contributed by atoms with Crippen LogP contribution in [0.5, 0.6) is 5.75 Å². The van der Waals surface area contributed by atoms with Crippen LogP contribution in [0.25, 0.3) is 0 Å². The Hall–Kier alpha value is -0.810. The SMILES string of the molecule is COc1cccc(Cl)c1CNN1CCN(C)CC1. The summed E-state index contributed by atoms with van der Waals surface area (Å²) in [6.07, 6.45) is 0. The van der Waals surface area contributed by atoms with Gasteiger partial charge in [-0.15, -0.1) is 0 Å². The number of hydrazine groups is 1. The standard InChI is InChI=1S/C13H20ClN3O/c1-16-6-8-17(9-7-16)15-10-11-12(14)4-3-5-13(11)18-2/h3-5,15H,6-10H2,1-2H3. The van der Waals surface area contributed by atoms with E-state index in [-0.39, 0.29) is 0 Å². The molecule has 0 aromatic heterocycles. The first kappa shape index (κ1) is 13.6. The van der Waals surface area contributed by atoms with Crippen molar-refractivity contribution in [3.8, 4) is 5.75 Å². The van der Waals surface area contributed by atoms with Crippen molar-refractivity contribution in [2.45, 2.75) is 6.54 Å². The molecule has 5 heteroatoms. The number of nitrogens with zero attached hydrogens (tertiary/aromatic N) is 2. The molecule has 4 nitrogen and oxygen atoms in total. The summed E-state index contributed by atoms with van der Waals surface area (Å²) in [5.74, 6) is 0.837. The second-order valence-corrected chi connectivity index (χ2v) is 4.95. The highest BCUT2D eigenvalue weighted by atomic mass is 35.5. The minimum absolute atomic E-state index is 0.701. The summed E-state index contributed by atoms with van der Waals surface area (Å²) in [6.45, 7) is 4.94. The summed E-state index contributed by atoms with van der Waals surface area (Å²) in [5.41, 5.74) is 4.43. The van der Waals surface area contributed by atoms with Gasteiger partial charge < -0.3 is 9.64 Å². The molecule has 1 saturated heterocycles. The van der Waals surface area contributed by atoms with Crippen LogP contribution < -0.4 is 10.2 Å². The molecule has 0 radical (unpaired) electrons. The van der Waals surface area contributed by atoms with Gasteiger partial charge in [0.15, 0.2) is 0 Å². The van der Waals surface area contributed by atoms with E-state index in [9.17, 15) is 0 Å². The van der Waals surface area contributed by atoms with Crippen molar-refractivity contribution in [1.29, 1.82) is 0 Å². The Labute approximate surface area is 113 Å². The predicted molar refractivity (Wildman–Crippen MR) is 73.9 cm³/mol. The third-order valence-corrected chi connectivity index (χ3v) is 3.63. The zero-order chi connectivity index (χ0) is 13.0. The summed E-state index contributed by atoms with van der Waals surface area (Å²) in [7, 11) is 3.82. The van der Waals surface area contributed by atoms with Gasteiger partial charge in [-0.3, -0.25) is 5.43 Å². The number of piperazine rings is 1. The van der Waals surface area contributed by atoms with Gasteiger partial charge in [-0.1, -0.05) is 17.7 Å². The number of rotatable bonds is 4. The van der Waals surface area contributed by atoms with E-state index in [0.717, 1.165) is 42.5 Å². The highest BCUT2D eigenvalue weighted by molar-refractivity contribution is 6.31. The van der Waals surface area contributed by atoms with Crippen LogP contribution in [0.3, 0.4) is 0 Å². The fourth-order valence-electron chi connectivity index (χ4n) is 2.06. The molecular formula is C13H20ClN3O. The monoisotopic (exact) mass is 269 g/mol. The fourth-order valence-corrected chi connectivity index (χ4v) is 2.29. The number of ether oxygens (including phenoxy) is 1. The Kier molecular flexibility index (Phi) is 4.83. The van der Waals surface area contributed by atoms with E-state index in [2.05, 4.69) is 22.4 Å². The number of hydrogen-bond acceptors (Lipinski definition) is 4. The molecule has 0 aliphatic carbocycles. The van der Waals surface area contributed by atoms with Crippen molar-refractivity contribution in [1.82, 2.24) is 15.3 Å². The maximum atomic E-state index is 6.20. The van der Waals surface area contributed by atoms with Crippen molar-refractivity contribution in [2.75, 3.05) is 40.3 Å². The molecular weight excluding hydrogens is 250 g/mol. The van der Waals surface area contributed by atoms with Crippen LogP contribution in [-0.4, -0.2) is 50.2 Å². The van der Waals surface area contributed by atoms with E-state index in [1.54, 1.807) is 7.11 Å². The lowest BCUT2D eigenvalue weighted by Gasteiger charge is -2.32. The van der Waals surface area contributed by atoms with Gasteiger partial charge in [-0.25, -0.2) is 5.01 Å². The third kappa shape index (κ3) is 3.36. The minimum atomic E-state index is 0.701. The average Bonchev–Trinajstić information content (AvgIpc) is 2.39. The summed E-state index contributed by atoms with van der Waals surface area (Å²) >= 11 is 6.20. The van der Waals surface area contributed by atoms with Crippen molar-refractivity contribution >= 4 is 11.6 Å². The van der Waals surface area contributed by atoms with Crippen molar-refractivity contribution < 1.29 is 4.74 Å². The molecule has 1 aliphatic rings. The van der Waals surface area contributed by atoms with Gasteiger partial charge in [0, 0.05) is 43.3 Å². The summed E-state index contributed by atoms with van der Waals surface area (Å²) < 4.78 is 5.33. The number of methoxy groups -OCH3 is 1. The first-order chi connectivity index (χ1) is 8.70. The molecule has 0 saturated carbocycles. The van der Waals surface area contributed by atoms with Crippen molar-refractivity contribution in [3.63, 3.8) is 0 Å². The number of nitrogens with one attached hydrogen (secondary N) is 1. The molecule has 1 N–H and O–H groups in total. The van der Waals surface area contributed by atoms with E-state index >= 15 is 0 Å². The quantitative estimate of drug-likeness (QED) is 0.899. The smallest absolute Gasteiger partial charge is 0.124 e. The highest BCUT2D eigenvalue weighted by Crippen LogP contribution is 2.25. The van der Waals surface area contributed by atoms with E-state index < -0.39 is 0 Å². The Balaban J connectivity index is 1.93. The molecule has 0 unspecified atom stereocenters. The Morgan fingerprint density at radius 3 is 2.67 bits per heavy atom. The molecule has 0 spiro atoms. The lowest BCUT2D eigenvalue weighted by Crippen LogP contribution is -2.50. The largest absolute Gasteiger partial charge is 0.496 e. The van der Waals surface area contributed by atoms with Gasteiger partial charge in [0.05, 0.1) is 7.11 Å². The molecule has 1 aromatic rings. The zero-order valence-electron chi connectivity index (χ0n) is 10.9. The summed E-state index contributed by atoms with van der Waals surface area (Å²) in [5, 5.41) is 2.99. The van der Waals surface area contributed by atoms with Crippen LogP contribution >= 0.6 is 11.6 Å². The Bertz CT molecular complexity index is 392. The molecule has 1 heterocycles. The normalized spacial score (nSPS) is 17.9. The zero-order valence-corrected chi connectivity index (χ0v) is 11.7. The van der Waals surface area contributed by atoms with Gasteiger partial charge in [0.25, 0.3) is 0 Å². The van der Waals surface area contributed by atoms with Crippen LogP contribution in [0.1, 0.15) is 5.56 Å². The maximum Gasteiger partial charge on any atom is 0.124 e. The Morgan fingerprint density at radius 1 is 1.28 bits per heavy atom. The van der Waals surface area contributed by atoms with Gasteiger partial charge in [0.2, 0.25) is 0 Å². The molecule has 0 atom stereocenters. The van der Waals surface area contributed by atoms with Crippen LogP contribution in [0.4, 0.5) is 0 Å². The molecule has 100 valence electrons. The third-order valence-electron chi connectivity index (χ3n) is 3.28. The van der Waals surface area contributed by atoms with E-state index in [0.29, 0.717) is 6.54 Å². The first-order valence-electron chi connectivity index (χ1n) is 6.19. The molecule has 0 bridgehead atoms.